The van der Waals surface area contributed by atoms with Crippen molar-refractivity contribution in [3.8, 4) is 5.75 Å². The number of carbonyl (C=O) groups is 2. The summed E-state index contributed by atoms with van der Waals surface area (Å²) in [5.74, 6) is 0.0379. The first-order valence-electron chi connectivity index (χ1n) is 8.67. The number of alkyl carbamates (subject to hydrolysis) is 1. The Balaban J connectivity index is 1.53. The molecular formula is C18H22N2O6. The molecule has 1 aromatic rings. The molecule has 1 fully saturated rings. The minimum Gasteiger partial charge on any atom is -0.489 e. The fourth-order valence-electron chi connectivity index (χ4n) is 3.67. The maximum atomic E-state index is 12.0. The summed E-state index contributed by atoms with van der Waals surface area (Å²) >= 11 is 0. The van der Waals surface area contributed by atoms with E-state index >= 15 is 0 Å². The van der Waals surface area contributed by atoms with Crippen molar-refractivity contribution in [2.45, 2.75) is 51.2 Å². The van der Waals surface area contributed by atoms with Gasteiger partial charge in [-0.25, -0.2) is 9.59 Å². The molecule has 0 aromatic heterocycles. The average Bonchev–Trinajstić information content (AvgIpc) is 3.05. The van der Waals surface area contributed by atoms with Crippen LogP contribution in [0.3, 0.4) is 0 Å². The normalized spacial score (nSPS) is 26.4. The topological polar surface area (TPSA) is 97.3 Å². The number of cyclic esters (lactones) is 1. The Kier molecular flexibility index (Phi) is 3.76. The fraction of sp³-hybridized carbons (Fsp3) is 0.556. The summed E-state index contributed by atoms with van der Waals surface area (Å²) in [6.07, 6.45) is -0.957. The number of aliphatic hydroxyl groups is 1. The van der Waals surface area contributed by atoms with Gasteiger partial charge in [-0.1, -0.05) is 0 Å². The summed E-state index contributed by atoms with van der Waals surface area (Å²) in [4.78, 5) is 25.9. The van der Waals surface area contributed by atoms with Crippen LogP contribution in [0.2, 0.25) is 0 Å². The molecule has 0 saturated carbocycles. The van der Waals surface area contributed by atoms with Crippen LogP contribution in [0.5, 0.6) is 5.75 Å². The summed E-state index contributed by atoms with van der Waals surface area (Å²) in [5.41, 5.74) is 1.03. The summed E-state index contributed by atoms with van der Waals surface area (Å²) in [5, 5.41) is 12.8. The van der Waals surface area contributed by atoms with Gasteiger partial charge in [0, 0.05) is 12.1 Å². The van der Waals surface area contributed by atoms with E-state index in [9.17, 15) is 14.7 Å². The third kappa shape index (κ3) is 2.94. The van der Waals surface area contributed by atoms with E-state index in [1.807, 2.05) is 20.8 Å². The summed E-state index contributed by atoms with van der Waals surface area (Å²) < 4.78 is 16.0. The number of benzene rings is 1. The molecule has 3 heterocycles. The first kappa shape index (κ1) is 17.0. The van der Waals surface area contributed by atoms with Gasteiger partial charge in [0.2, 0.25) is 6.29 Å². The lowest BCUT2D eigenvalue weighted by molar-refractivity contribution is -0.0547. The van der Waals surface area contributed by atoms with Gasteiger partial charge in [0.1, 0.15) is 18.0 Å². The van der Waals surface area contributed by atoms with Gasteiger partial charge >= 0.3 is 12.1 Å². The lowest BCUT2D eigenvalue weighted by Gasteiger charge is -2.33. The third-order valence-corrected chi connectivity index (χ3v) is 4.71. The van der Waals surface area contributed by atoms with Crippen molar-refractivity contribution in [3.63, 3.8) is 0 Å². The van der Waals surface area contributed by atoms with E-state index in [1.165, 1.54) is 0 Å². The van der Waals surface area contributed by atoms with E-state index in [-0.39, 0.29) is 12.1 Å². The second-order valence-electron chi connectivity index (χ2n) is 7.86. The van der Waals surface area contributed by atoms with Gasteiger partial charge in [0.15, 0.2) is 0 Å². The molecule has 0 radical (unpaired) electrons. The van der Waals surface area contributed by atoms with Gasteiger partial charge in [0.05, 0.1) is 23.3 Å². The van der Waals surface area contributed by atoms with Crippen LogP contribution in [0.15, 0.2) is 12.1 Å². The Morgan fingerprint density at radius 1 is 1.38 bits per heavy atom. The molecule has 140 valence electrons. The molecule has 8 heteroatoms. The zero-order valence-corrected chi connectivity index (χ0v) is 14.9. The standard InChI is InChI=1S/C18H22N2O6/c1-18(2,3)26-17(23)19-9-4-10-8-24-14-6-12-11(15(21)25-16(12)22)5-13(14)20(10)7-9/h5-6,9-10,15,21H,4,7-8H2,1-3H3,(H,19,23)/t9-,10-,15?/m0/s1. The number of hydrogen-bond donors (Lipinski definition) is 2. The van der Waals surface area contributed by atoms with E-state index in [1.54, 1.807) is 12.1 Å². The van der Waals surface area contributed by atoms with Crippen molar-refractivity contribution >= 4 is 17.7 Å². The van der Waals surface area contributed by atoms with Crippen molar-refractivity contribution in [3.05, 3.63) is 23.3 Å². The largest absolute Gasteiger partial charge is 0.489 e. The Bertz CT molecular complexity index is 772. The van der Waals surface area contributed by atoms with Crippen molar-refractivity contribution in [1.82, 2.24) is 5.32 Å². The molecule has 1 amide bonds. The summed E-state index contributed by atoms with van der Waals surface area (Å²) in [6.45, 7) is 6.54. The monoisotopic (exact) mass is 362 g/mol. The number of carbonyl (C=O) groups excluding carboxylic acids is 2. The van der Waals surface area contributed by atoms with Crippen LogP contribution in [-0.4, -0.2) is 48.0 Å². The molecule has 0 bridgehead atoms. The lowest BCUT2D eigenvalue weighted by Crippen LogP contribution is -2.41. The van der Waals surface area contributed by atoms with E-state index in [0.717, 1.165) is 12.1 Å². The SMILES string of the molecule is CC(C)(C)OC(=O)N[C@H]1C[C@H]2COc3cc4c(cc3N2C1)C(O)OC4=O. The highest BCUT2D eigenvalue weighted by Crippen LogP contribution is 2.43. The number of hydrogen-bond acceptors (Lipinski definition) is 7. The number of nitrogens with zero attached hydrogens (tertiary/aromatic N) is 1. The maximum Gasteiger partial charge on any atom is 0.407 e. The number of anilines is 1. The highest BCUT2D eigenvalue weighted by atomic mass is 16.6. The molecular weight excluding hydrogens is 340 g/mol. The van der Waals surface area contributed by atoms with Crippen molar-refractivity contribution in [1.29, 1.82) is 0 Å². The van der Waals surface area contributed by atoms with E-state index in [0.29, 0.717) is 30.0 Å². The van der Waals surface area contributed by atoms with E-state index in [4.69, 9.17) is 14.2 Å². The Labute approximate surface area is 151 Å². The van der Waals surface area contributed by atoms with Gasteiger partial charge in [-0.15, -0.1) is 0 Å². The van der Waals surface area contributed by atoms with Crippen LogP contribution in [0.1, 0.15) is 49.4 Å². The number of rotatable bonds is 1. The van der Waals surface area contributed by atoms with Crippen LogP contribution in [-0.2, 0) is 9.47 Å². The van der Waals surface area contributed by atoms with Crippen LogP contribution in [0, 0.1) is 0 Å². The number of nitrogens with one attached hydrogen (secondary N) is 1. The number of ether oxygens (including phenoxy) is 3. The second kappa shape index (κ2) is 5.77. The number of aliphatic hydroxyl groups excluding tert-OH is 1. The molecule has 8 nitrogen and oxygen atoms in total. The molecule has 3 atom stereocenters. The van der Waals surface area contributed by atoms with Crippen LogP contribution >= 0.6 is 0 Å². The summed E-state index contributed by atoms with van der Waals surface area (Å²) in [6, 6.07) is 3.40. The zero-order chi connectivity index (χ0) is 18.6. The first-order valence-corrected chi connectivity index (χ1v) is 8.67. The molecule has 2 N–H and O–H groups in total. The number of fused-ring (bicyclic) bond motifs is 4. The Morgan fingerprint density at radius 2 is 2.15 bits per heavy atom. The zero-order valence-electron chi connectivity index (χ0n) is 14.9. The predicted molar refractivity (Wildman–Crippen MR) is 91.2 cm³/mol. The molecule has 1 saturated heterocycles. The predicted octanol–water partition coefficient (Wildman–Crippen LogP) is 1.71. The molecule has 1 aromatic carbocycles. The number of amides is 1. The number of esters is 1. The van der Waals surface area contributed by atoms with Crippen LogP contribution in [0.25, 0.3) is 0 Å². The highest BCUT2D eigenvalue weighted by molar-refractivity contribution is 5.95. The van der Waals surface area contributed by atoms with Gasteiger partial charge in [-0.2, -0.15) is 0 Å². The van der Waals surface area contributed by atoms with Crippen molar-refractivity contribution in [2.75, 3.05) is 18.1 Å². The quantitative estimate of drug-likeness (QED) is 0.734. The highest BCUT2D eigenvalue weighted by Gasteiger charge is 2.40. The fourth-order valence-corrected chi connectivity index (χ4v) is 3.67. The molecule has 1 unspecified atom stereocenters. The minimum atomic E-state index is -1.25. The first-order chi connectivity index (χ1) is 12.2. The van der Waals surface area contributed by atoms with Gasteiger partial charge in [0.25, 0.3) is 0 Å². The lowest BCUT2D eigenvalue weighted by atomic mass is 10.0. The molecule has 0 aliphatic carbocycles. The molecule has 3 aliphatic heterocycles. The van der Waals surface area contributed by atoms with Gasteiger partial charge in [-0.3, -0.25) is 0 Å². The average molecular weight is 362 g/mol. The third-order valence-electron chi connectivity index (χ3n) is 4.71. The Hall–Kier alpha value is -2.48. The van der Waals surface area contributed by atoms with E-state index in [2.05, 4.69) is 10.2 Å². The molecule has 4 rings (SSSR count). The van der Waals surface area contributed by atoms with Crippen molar-refractivity contribution < 1.29 is 28.9 Å². The van der Waals surface area contributed by atoms with Crippen LogP contribution in [0.4, 0.5) is 10.5 Å². The summed E-state index contributed by atoms with van der Waals surface area (Å²) in [7, 11) is 0. The maximum absolute atomic E-state index is 12.0. The minimum absolute atomic E-state index is 0.0690. The molecule has 26 heavy (non-hydrogen) atoms. The molecule has 0 spiro atoms. The van der Waals surface area contributed by atoms with Gasteiger partial charge < -0.3 is 29.5 Å². The van der Waals surface area contributed by atoms with Crippen molar-refractivity contribution in [2.24, 2.45) is 0 Å². The van der Waals surface area contributed by atoms with Crippen LogP contribution < -0.4 is 15.0 Å². The smallest absolute Gasteiger partial charge is 0.407 e. The van der Waals surface area contributed by atoms with E-state index < -0.39 is 24.0 Å². The Morgan fingerprint density at radius 3 is 2.88 bits per heavy atom. The molecule has 3 aliphatic rings. The second-order valence-corrected chi connectivity index (χ2v) is 7.86. The van der Waals surface area contributed by atoms with Gasteiger partial charge in [-0.05, 0) is 39.3 Å².